The van der Waals surface area contributed by atoms with Crippen LogP contribution in [0.2, 0.25) is 0 Å². The molecule has 1 amide bonds. The quantitative estimate of drug-likeness (QED) is 0.563. The molecule has 0 radical (unpaired) electrons. The average molecular weight is 402 g/mol. The van der Waals surface area contributed by atoms with Gasteiger partial charge in [-0.1, -0.05) is 0 Å². The summed E-state index contributed by atoms with van der Waals surface area (Å²) in [4.78, 5) is 14.8. The Kier molecular flexibility index (Phi) is 6.43. The predicted molar refractivity (Wildman–Crippen MR) is 103 cm³/mol. The van der Waals surface area contributed by atoms with Crippen molar-refractivity contribution in [1.82, 2.24) is 10.3 Å². The standard InChI is InChI=1S/C21H20F2N2O4/c1-13(26)24-11-12-28-17-9-5-15(6-10-17)19-18(25-21(29-19)20(22)23)14-3-7-16(27-2)8-4-14/h3-10,20H,11-12H2,1-2H3,(H,24,26). The maximum atomic E-state index is 13.2. The smallest absolute Gasteiger partial charge is 0.313 e. The molecule has 0 aliphatic rings. The number of alkyl halides is 2. The van der Waals surface area contributed by atoms with Gasteiger partial charge in [-0.3, -0.25) is 4.79 Å². The molecule has 0 aliphatic heterocycles. The number of carbonyl (C=O) groups excluding carboxylic acids is 1. The van der Waals surface area contributed by atoms with Gasteiger partial charge in [0, 0.05) is 18.1 Å². The van der Waals surface area contributed by atoms with Crippen LogP contribution >= 0.6 is 0 Å². The number of nitrogens with one attached hydrogen (secondary N) is 1. The number of hydrogen-bond donors (Lipinski definition) is 1. The molecule has 0 bridgehead atoms. The molecule has 8 heteroatoms. The van der Waals surface area contributed by atoms with E-state index in [1.54, 1.807) is 55.6 Å². The molecule has 0 atom stereocenters. The summed E-state index contributed by atoms with van der Waals surface area (Å²) in [5.74, 6) is 0.708. The summed E-state index contributed by atoms with van der Waals surface area (Å²) < 4.78 is 42.4. The predicted octanol–water partition coefficient (Wildman–Crippen LogP) is 4.47. The van der Waals surface area contributed by atoms with Gasteiger partial charge in [0.2, 0.25) is 5.91 Å². The van der Waals surface area contributed by atoms with E-state index < -0.39 is 12.3 Å². The molecule has 29 heavy (non-hydrogen) atoms. The number of carbonyl (C=O) groups is 1. The van der Waals surface area contributed by atoms with Gasteiger partial charge in [0.15, 0.2) is 5.76 Å². The monoisotopic (exact) mass is 402 g/mol. The van der Waals surface area contributed by atoms with Gasteiger partial charge in [-0.2, -0.15) is 8.78 Å². The number of methoxy groups -OCH3 is 1. The summed E-state index contributed by atoms with van der Waals surface area (Å²) in [5.41, 5.74) is 1.54. The third kappa shape index (κ3) is 5.10. The zero-order valence-electron chi connectivity index (χ0n) is 15.9. The Labute approximate surface area is 166 Å². The van der Waals surface area contributed by atoms with E-state index in [2.05, 4.69) is 10.3 Å². The fraction of sp³-hybridized carbons (Fsp3) is 0.238. The van der Waals surface area contributed by atoms with Gasteiger partial charge in [0.25, 0.3) is 5.89 Å². The van der Waals surface area contributed by atoms with E-state index in [0.29, 0.717) is 41.5 Å². The molecule has 0 aliphatic carbocycles. The number of ether oxygens (including phenoxy) is 2. The lowest BCUT2D eigenvalue weighted by molar-refractivity contribution is -0.119. The van der Waals surface area contributed by atoms with Crippen LogP contribution in [-0.2, 0) is 4.79 Å². The molecular formula is C21H20F2N2O4. The Bertz CT molecular complexity index is 954. The first kappa shape index (κ1) is 20.3. The summed E-state index contributed by atoms with van der Waals surface area (Å²) in [6, 6.07) is 13.7. The minimum atomic E-state index is -2.82. The fourth-order valence-corrected chi connectivity index (χ4v) is 2.67. The van der Waals surface area contributed by atoms with E-state index in [-0.39, 0.29) is 11.7 Å². The van der Waals surface area contributed by atoms with E-state index >= 15 is 0 Å². The molecule has 6 nitrogen and oxygen atoms in total. The summed E-state index contributed by atoms with van der Waals surface area (Å²) >= 11 is 0. The van der Waals surface area contributed by atoms with Crippen LogP contribution in [0.5, 0.6) is 11.5 Å². The van der Waals surface area contributed by atoms with Crippen molar-refractivity contribution in [3.63, 3.8) is 0 Å². The maximum absolute atomic E-state index is 13.2. The fourth-order valence-electron chi connectivity index (χ4n) is 2.67. The lowest BCUT2D eigenvalue weighted by Gasteiger charge is -2.07. The molecule has 0 spiro atoms. The van der Waals surface area contributed by atoms with Crippen molar-refractivity contribution in [2.75, 3.05) is 20.3 Å². The molecule has 1 heterocycles. The molecule has 0 fully saturated rings. The van der Waals surface area contributed by atoms with Crippen molar-refractivity contribution >= 4 is 5.91 Å². The second-order valence-corrected chi connectivity index (χ2v) is 6.11. The second-order valence-electron chi connectivity index (χ2n) is 6.11. The highest BCUT2D eigenvalue weighted by molar-refractivity contribution is 5.77. The van der Waals surface area contributed by atoms with Gasteiger partial charge in [-0.25, -0.2) is 4.98 Å². The lowest BCUT2D eigenvalue weighted by Crippen LogP contribution is -2.25. The van der Waals surface area contributed by atoms with Crippen LogP contribution in [-0.4, -0.2) is 31.2 Å². The van der Waals surface area contributed by atoms with Gasteiger partial charge in [0.05, 0.1) is 13.7 Å². The SMILES string of the molecule is COc1ccc(-c2nc(C(F)F)oc2-c2ccc(OCCNC(C)=O)cc2)cc1. The third-order valence-electron chi connectivity index (χ3n) is 4.06. The summed E-state index contributed by atoms with van der Waals surface area (Å²) in [6.07, 6.45) is -2.82. The topological polar surface area (TPSA) is 73.6 Å². The second kappa shape index (κ2) is 9.18. The normalized spacial score (nSPS) is 10.8. The van der Waals surface area contributed by atoms with Crippen LogP contribution in [0.1, 0.15) is 19.2 Å². The number of oxazole rings is 1. The molecule has 0 saturated carbocycles. The van der Waals surface area contributed by atoms with Crippen LogP contribution in [0, 0.1) is 0 Å². The zero-order chi connectivity index (χ0) is 20.8. The van der Waals surface area contributed by atoms with Crippen LogP contribution in [0.25, 0.3) is 22.6 Å². The number of rotatable bonds is 8. The van der Waals surface area contributed by atoms with E-state index in [9.17, 15) is 13.6 Å². The average Bonchev–Trinajstić information content (AvgIpc) is 3.17. The van der Waals surface area contributed by atoms with Gasteiger partial charge in [0.1, 0.15) is 23.8 Å². The number of aromatic nitrogens is 1. The first-order valence-corrected chi connectivity index (χ1v) is 8.89. The molecule has 1 aromatic heterocycles. The molecule has 3 rings (SSSR count). The van der Waals surface area contributed by atoms with Crippen molar-refractivity contribution in [1.29, 1.82) is 0 Å². The van der Waals surface area contributed by atoms with Crippen molar-refractivity contribution < 1.29 is 27.5 Å². The zero-order valence-corrected chi connectivity index (χ0v) is 15.9. The van der Waals surface area contributed by atoms with E-state index in [1.807, 2.05) is 0 Å². The summed E-state index contributed by atoms with van der Waals surface area (Å²) in [7, 11) is 1.55. The minimum absolute atomic E-state index is 0.129. The number of hydrogen-bond acceptors (Lipinski definition) is 5. The summed E-state index contributed by atoms with van der Waals surface area (Å²) in [6.45, 7) is 2.13. The minimum Gasteiger partial charge on any atom is -0.497 e. The molecule has 2 aromatic carbocycles. The molecule has 0 saturated heterocycles. The van der Waals surface area contributed by atoms with E-state index in [0.717, 1.165) is 0 Å². The number of amides is 1. The van der Waals surface area contributed by atoms with Crippen molar-refractivity contribution in [2.24, 2.45) is 0 Å². The Balaban J connectivity index is 1.84. The van der Waals surface area contributed by atoms with Gasteiger partial charge >= 0.3 is 6.43 Å². The van der Waals surface area contributed by atoms with Crippen molar-refractivity contribution in [3.05, 3.63) is 54.4 Å². The van der Waals surface area contributed by atoms with Gasteiger partial charge in [-0.15, -0.1) is 0 Å². The summed E-state index contributed by atoms with van der Waals surface area (Å²) in [5, 5.41) is 2.63. The lowest BCUT2D eigenvalue weighted by atomic mass is 10.1. The molecular weight excluding hydrogens is 382 g/mol. The van der Waals surface area contributed by atoms with Gasteiger partial charge < -0.3 is 19.2 Å². The Morgan fingerprint density at radius 1 is 1.07 bits per heavy atom. The highest BCUT2D eigenvalue weighted by Crippen LogP contribution is 2.36. The van der Waals surface area contributed by atoms with Crippen LogP contribution in [0.15, 0.2) is 52.9 Å². The number of nitrogens with zero attached hydrogens (tertiary/aromatic N) is 1. The Morgan fingerprint density at radius 3 is 2.28 bits per heavy atom. The van der Waals surface area contributed by atoms with Crippen LogP contribution in [0.4, 0.5) is 8.78 Å². The van der Waals surface area contributed by atoms with Crippen molar-refractivity contribution in [2.45, 2.75) is 13.3 Å². The van der Waals surface area contributed by atoms with Crippen LogP contribution in [0.3, 0.4) is 0 Å². The first-order valence-electron chi connectivity index (χ1n) is 8.89. The number of benzene rings is 2. The highest BCUT2D eigenvalue weighted by Gasteiger charge is 2.22. The molecule has 1 N–H and O–H groups in total. The highest BCUT2D eigenvalue weighted by atomic mass is 19.3. The largest absolute Gasteiger partial charge is 0.497 e. The molecule has 152 valence electrons. The Morgan fingerprint density at radius 2 is 1.69 bits per heavy atom. The maximum Gasteiger partial charge on any atom is 0.313 e. The third-order valence-corrected chi connectivity index (χ3v) is 4.06. The first-order chi connectivity index (χ1) is 14.0. The Hall–Kier alpha value is -3.42. The molecule has 3 aromatic rings. The van der Waals surface area contributed by atoms with E-state index in [1.165, 1.54) is 6.92 Å². The van der Waals surface area contributed by atoms with E-state index in [4.69, 9.17) is 13.9 Å². The van der Waals surface area contributed by atoms with Crippen LogP contribution < -0.4 is 14.8 Å². The molecule has 0 unspecified atom stereocenters. The number of halogens is 2. The van der Waals surface area contributed by atoms with Crippen molar-refractivity contribution in [3.8, 4) is 34.1 Å². The van der Waals surface area contributed by atoms with Gasteiger partial charge in [-0.05, 0) is 48.5 Å².